The summed E-state index contributed by atoms with van der Waals surface area (Å²) in [6, 6.07) is 11.4. The van der Waals surface area contributed by atoms with E-state index < -0.39 is 0 Å². The number of nitrogens with zero attached hydrogens (tertiary/aromatic N) is 1. The molecule has 110 valence electrons. The third kappa shape index (κ3) is 3.49. The zero-order chi connectivity index (χ0) is 15.6. The Bertz CT molecular complexity index is 656. The van der Waals surface area contributed by atoms with Crippen LogP contribution in [0.5, 0.6) is 5.75 Å². The Morgan fingerprint density at radius 2 is 1.76 bits per heavy atom. The highest BCUT2D eigenvalue weighted by Gasteiger charge is 2.21. The van der Waals surface area contributed by atoms with Crippen molar-refractivity contribution in [2.24, 2.45) is 0 Å². The van der Waals surface area contributed by atoms with E-state index in [0.29, 0.717) is 15.6 Å². The molecule has 0 saturated heterocycles. The number of halogens is 2. The minimum atomic E-state index is -0.205. The molecule has 1 N–H and O–H groups in total. The number of amides is 1. The lowest BCUT2D eigenvalue weighted by Crippen LogP contribution is -2.29. The minimum absolute atomic E-state index is 0.159. The van der Waals surface area contributed by atoms with Crippen molar-refractivity contribution in [1.82, 2.24) is 4.90 Å². The molecule has 0 aliphatic heterocycles. The van der Waals surface area contributed by atoms with Crippen LogP contribution >= 0.6 is 23.2 Å². The average molecular weight is 324 g/mol. The zero-order valence-electron chi connectivity index (χ0n) is 11.7. The summed E-state index contributed by atoms with van der Waals surface area (Å²) in [7, 11) is 1.71. The van der Waals surface area contributed by atoms with Crippen molar-refractivity contribution in [2.75, 3.05) is 7.05 Å². The number of rotatable bonds is 3. The summed E-state index contributed by atoms with van der Waals surface area (Å²) in [4.78, 5) is 14.1. The van der Waals surface area contributed by atoms with Gasteiger partial charge in [-0.25, -0.2) is 0 Å². The smallest absolute Gasteiger partial charge is 0.255 e. The third-order valence-electron chi connectivity index (χ3n) is 3.44. The van der Waals surface area contributed by atoms with Gasteiger partial charge in [-0.1, -0.05) is 35.3 Å². The van der Waals surface area contributed by atoms with Gasteiger partial charge in [0.25, 0.3) is 5.91 Å². The van der Waals surface area contributed by atoms with Gasteiger partial charge in [0.05, 0.1) is 16.6 Å². The van der Waals surface area contributed by atoms with Crippen molar-refractivity contribution in [2.45, 2.75) is 13.0 Å². The van der Waals surface area contributed by atoms with E-state index in [-0.39, 0.29) is 17.7 Å². The van der Waals surface area contributed by atoms with E-state index in [1.165, 1.54) is 0 Å². The number of benzene rings is 2. The Balaban J connectivity index is 2.26. The van der Waals surface area contributed by atoms with Crippen molar-refractivity contribution in [3.63, 3.8) is 0 Å². The lowest BCUT2D eigenvalue weighted by molar-refractivity contribution is 0.0743. The number of hydrogen-bond acceptors (Lipinski definition) is 2. The van der Waals surface area contributed by atoms with Gasteiger partial charge in [-0.3, -0.25) is 4.79 Å². The van der Waals surface area contributed by atoms with Crippen LogP contribution in [0.15, 0.2) is 42.5 Å². The topological polar surface area (TPSA) is 40.5 Å². The van der Waals surface area contributed by atoms with Crippen LogP contribution in [0.2, 0.25) is 10.0 Å². The quantitative estimate of drug-likeness (QED) is 0.901. The predicted molar refractivity (Wildman–Crippen MR) is 85.1 cm³/mol. The van der Waals surface area contributed by atoms with Crippen LogP contribution < -0.4 is 0 Å². The van der Waals surface area contributed by atoms with E-state index in [1.54, 1.807) is 54.4 Å². The molecular weight excluding hydrogens is 309 g/mol. The maximum Gasteiger partial charge on any atom is 0.255 e. The molecule has 21 heavy (non-hydrogen) atoms. The second-order valence-corrected chi connectivity index (χ2v) is 5.65. The number of aromatic hydroxyl groups is 1. The van der Waals surface area contributed by atoms with E-state index in [0.717, 1.165) is 5.56 Å². The predicted octanol–water partition coefficient (Wildman–Crippen LogP) is 4.53. The van der Waals surface area contributed by atoms with Gasteiger partial charge >= 0.3 is 0 Å². The summed E-state index contributed by atoms with van der Waals surface area (Å²) in [5.74, 6) is -0.0131. The first kappa shape index (κ1) is 15.7. The summed E-state index contributed by atoms with van der Waals surface area (Å²) >= 11 is 12.0. The van der Waals surface area contributed by atoms with Gasteiger partial charge in [-0.2, -0.15) is 0 Å². The molecule has 2 aromatic rings. The third-order valence-corrected chi connectivity index (χ3v) is 4.00. The fraction of sp³-hybridized carbons (Fsp3) is 0.188. The van der Waals surface area contributed by atoms with Gasteiger partial charge in [0.15, 0.2) is 0 Å². The molecule has 1 atom stereocenters. The van der Waals surface area contributed by atoms with Crippen molar-refractivity contribution >= 4 is 29.1 Å². The normalized spacial score (nSPS) is 12.0. The number of carbonyl (C=O) groups excluding carboxylic acids is 1. The summed E-state index contributed by atoms with van der Waals surface area (Å²) in [5.41, 5.74) is 1.29. The molecule has 5 heteroatoms. The van der Waals surface area contributed by atoms with E-state index >= 15 is 0 Å². The van der Waals surface area contributed by atoms with Crippen LogP contribution in [0.4, 0.5) is 0 Å². The fourth-order valence-corrected chi connectivity index (χ4v) is 2.37. The van der Waals surface area contributed by atoms with E-state index in [4.69, 9.17) is 23.2 Å². The molecule has 0 spiro atoms. The Labute approximate surface area is 133 Å². The molecule has 0 aliphatic rings. The molecule has 0 bridgehead atoms. The van der Waals surface area contributed by atoms with Gasteiger partial charge in [0, 0.05) is 12.1 Å². The van der Waals surface area contributed by atoms with Gasteiger partial charge in [0.1, 0.15) is 5.75 Å². The molecule has 0 saturated carbocycles. The molecule has 0 heterocycles. The van der Waals surface area contributed by atoms with Crippen molar-refractivity contribution in [3.8, 4) is 5.75 Å². The van der Waals surface area contributed by atoms with Gasteiger partial charge in [0.2, 0.25) is 0 Å². The Morgan fingerprint density at radius 1 is 1.14 bits per heavy atom. The first-order chi connectivity index (χ1) is 9.90. The molecule has 0 aliphatic carbocycles. The molecule has 1 amide bonds. The summed E-state index contributed by atoms with van der Waals surface area (Å²) in [6.07, 6.45) is 0. The zero-order valence-corrected chi connectivity index (χ0v) is 13.2. The number of phenolic OH excluding ortho intramolecular Hbond substituents is 1. The monoisotopic (exact) mass is 323 g/mol. The SMILES string of the molecule is CC(c1ccc(O)cc1)N(C)C(=O)c1cc(Cl)ccc1Cl. The maximum absolute atomic E-state index is 12.5. The van der Waals surface area contributed by atoms with Crippen LogP contribution in [0.3, 0.4) is 0 Å². The standard InChI is InChI=1S/C16H15Cl2NO2/c1-10(11-3-6-13(20)7-4-11)19(2)16(21)14-9-12(17)5-8-15(14)18/h3-10,20H,1-2H3. The summed E-state index contributed by atoms with van der Waals surface area (Å²) in [6.45, 7) is 1.91. The van der Waals surface area contributed by atoms with Crippen molar-refractivity contribution in [3.05, 3.63) is 63.6 Å². The Kier molecular flexibility index (Phi) is 4.76. The number of phenols is 1. The van der Waals surface area contributed by atoms with Crippen LogP contribution in [0.1, 0.15) is 28.9 Å². The largest absolute Gasteiger partial charge is 0.508 e. The lowest BCUT2D eigenvalue weighted by Gasteiger charge is -2.26. The molecule has 2 aromatic carbocycles. The van der Waals surface area contributed by atoms with E-state index in [1.807, 2.05) is 6.92 Å². The van der Waals surface area contributed by atoms with Gasteiger partial charge < -0.3 is 10.0 Å². The number of hydrogen-bond donors (Lipinski definition) is 1. The molecule has 2 rings (SSSR count). The average Bonchev–Trinajstić information content (AvgIpc) is 2.48. The molecule has 0 radical (unpaired) electrons. The van der Waals surface area contributed by atoms with Crippen LogP contribution in [0, 0.1) is 0 Å². The van der Waals surface area contributed by atoms with Crippen molar-refractivity contribution < 1.29 is 9.90 Å². The highest BCUT2D eigenvalue weighted by molar-refractivity contribution is 6.35. The van der Waals surface area contributed by atoms with E-state index in [2.05, 4.69) is 0 Å². The summed E-state index contributed by atoms with van der Waals surface area (Å²) in [5, 5.41) is 10.2. The molecule has 0 aromatic heterocycles. The lowest BCUT2D eigenvalue weighted by atomic mass is 10.1. The number of carbonyl (C=O) groups is 1. The fourth-order valence-electron chi connectivity index (χ4n) is 2.00. The second kappa shape index (κ2) is 6.37. The highest BCUT2D eigenvalue weighted by Crippen LogP contribution is 2.26. The molecule has 3 nitrogen and oxygen atoms in total. The van der Waals surface area contributed by atoms with Crippen molar-refractivity contribution in [1.29, 1.82) is 0 Å². The molecule has 0 fully saturated rings. The van der Waals surface area contributed by atoms with Crippen LogP contribution in [0.25, 0.3) is 0 Å². The molecular formula is C16H15Cl2NO2. The first-order valence-electron chi connectivity index (χ1n) is 6.41. The maximum atomic E-state index is 12.5. The second-order valence-electron chi connectivity index (χ2n) is 4.81. The summed E-state index contributed by atoms with van der Waals surface area (Å²) < 4.78 is 0. The Morgan fingerprint density at radius 3 is 2.38 bits per heavy atom. The van der Waals surface area contributed by atoms with Crippen LogP contribution in [-0.2, 0) is 0 Å². The first-order valence-corrected chi connectivity index (χ1v) is 7.17. The molecule has 1 unspecified atom stereocenters. The van der Waals surface area contributed by atoms with Crippen LogP contribution in [-0.4, -0.2) is 23.0 Å². The Hall–Kier alpha value is -1.71. The van der Waals surface area contributed by atoms with Gasteiger partial charge in [-0.15, -0.1) is 0 Å². The van der Waals surface area contributed by atoms with Gasteiger partial charge in [-0.05, 0) is 42.8 Å². The van der Waals surface area contributed by atoms with E-state index in [9.17, 15) is 9.90 Å². The highest BCUT2D eigenvalue weighted by atomic mass is 35.5. The minimum Gasteiger partial charge on any atom is -0.508 e.